The molecule has 10 nitrogen and oxygen atoms in total. The summed E-state index contributed by atoms with van der Waals surface area (Å²) in [6.45, 7) is -0.0255. The van der Waals surface area contributed by atoms with Crippen molar-refractivity contribution in [2.75, 3.05) is 38.7 Å². The maximum atomic E-state index is 15.3. The van der Waals surface area contributed by atoms with Gasteiger partial charge in [0.2, 0.25) is 0 Å². The summed E-state index contributed by atoms with van der Waals surface area (Å²) < 4.78 is 52.8. The molecule has 4 heterocycles. The maximum absolute atomic E-state index is 15.3. The number of benzene rings is 2. The Labute approximate surface area is 233 Å². The molecule has 1 saturated heterocycles. The molecule has 0 unspecified atom stereocenters. The second-order valence-electron chi connectivity index (χ2n) is 9.16. The van der Waals surface area contributed by atoms with Gasteiger partial charge in [0.15, 0.2) is 0 Å². The number of ether oxygens (including phenoxy) is 4. The van der Waals surface area contributed by atoms with Crippen molar-refractivity contribution in [3.8, 4) is 5.75 Å². The average molecular weight is 618 g/mol. The van der Waals surface area contributed by atoms with E-state index in [2.05, 4.69) is 4.74 Å². The van der Waals surface area contributed by atoms with Crippen molar-refractivity contribution >= 4 is 31.5 Å². The Morgan fingerprint density at radius 2 is 1.95 bits per heavy atom. The molecule has 40 heavy (non-hydrogen) atoms. The van der Waals surface area contributed by atoms with Crippen LogP contribution in [0.3, 0.4) is 0 Å². The Hall–Kier alpha value is -3.93. The SMILES string of the molecule is COC(=O)OCOc1c2n(ccc1=O)N([C@H]1c3ccccc3[Se]Cc3c1ccc(F)c3F)[C@@H]1COCCN1C2=O. The number of carbonyl (C=O) groups excluding carboxylic acids is 2. The number of fused-ring (bicyclic) bond motifs is 4. The van der Waals surface area contributed by atoms with Crippen LogP contribution < -0.4 is 19.6 Å². The van der Waals surface area contributed by atoms with E-state index in [1.54, 1.807) is 11.0 Å². The molecule has 0 aliphatic carbocycles. The van der Waals surface area contributed by atoms with Gasteiger partial charge < -0.3 is 0 Å². The zero-order valence-corrected chi connectivity index (χ0v) is 22.9. The summed E-state index contributed by atoms with van der Waals surface area (Å²) in [5, 5.41) is 2.19. The number of pyridine rings is 1. The Balaban J connectivity index is 1.58. The first-order valence-corrected chi connectivity index (χ1v) is 14.4. The summed E-state index contributed by atoms with van der Waals surface area (Å²) in [5.74, 6) is -2.62. The number of hydrogen-bond acceptors (Lipinski definition) is 8. The van der Waals surface area contributed by atoms with E-state index in [4.69, 9.17) is 14.2 Å². The van der Waals surface area contributed by atoms with Crippen molar-refractivity contribution < 1.29 is 37.3 Å². The van der Waals surface area contributed by atoms with Gasteiger partial charge in [-0.15, -0.1) is 0 Å². The van der Waals surface area contributed by atoms with E-state index in [1.165, 1.54) is 16.9 Å². The molecule has 2 atom stereocenters. The fraction of sp³-hybridized carbons (Fsp3) is 0.296. The van der Waals surface area contributed by atoms with E-state index in [9.17, 15) is 18.8 Å². The summed E-state index contributed by atoms with van der Waals surface area (Å²) in [7, 11) is 1.12. The van der Waals surface area contributed by atoms with Crippen LogP contribution in [0.2, 0.25) is 0 Å². The van der Waals surface area contributed by atoms with Gasteiger partial charge in [-0.3, -0.25) is 0 Å². The zero-order valence-electron chi connectivity index (χ0n) is 21.2. The monoisotopic (exact) mass is 619 g/mol. The quantitative estimate of drug-likeness (QED) is 0.247. The molecule has 3 aromatic rings. The van der Waals surface area contributed by atoms with Crippen molar-refractivity contribution in [3.63, 3.8) is 0 Å². The molecule has 0 saturated carbocycles. The normalized spacial score (nSPS) is 19.5. The van der Waals surface area contributed by atoms with E-state index in [1.807, 2.05) is 29.3 Å². The minimum absolute atomic E-state index is 0.0875. The molecule has 3 aliphatic rings. The second kappa shape index (κ2) is 10.6. The van der Waals surface area contributed by atoms with E-state index < -0.39 is 48.1 Å². The molecule has 0 radical (unpaired) electrons. The van der Waals surface area contributed by atoms with Gasteiger partial charge in [-0.25, -0.2) is 0 Å². The fourth-order valence-electron chi connectivity index (χ4n) is 5.31. The van der Waals surface area contributed by atoms with Crippen LogP contribution in [0, 0.1) is 11.6 Å². The Morgan fingerprint density at radius 3 is 2.77 bits per heavy atom. The summed E-state index contributed by atoms with van der Waals surface area (Å²) >= 11 is -0.199. The third kappa shape index (κ3) is 4.30. The van der Waals surface area contributed by atoms with E-state index >= 15 is 4.39 Å². The molecule has 3 aliphatic heterocycles. The molecule has 0 bridgehead atoms. The number of aromatic nitrogens is 1. The Bertz CT molecular complexity index is 1570. The number of nitrogens with zero attached hydrogens (tertiary/aromatic N) is 3. The number of carbonyl (C=O) groups is 2. The number of amides is 1. The predicted molar refractivity (Wildman–Crippen MR) is 137 cm³/mol. The molecule has 1 fully saturated rings. The van der Waals surface area contributed by atoms with Crippen LogP contribution in [0.25, 0.3) is 0 Å². The van der Waals surface area contributed by atoms with Crippen molar-refractivity contribution in [2.24, 2.45) is 0 Å². The summed E-state index contributed by atoms with van der Waals surface area (Å²) in [4.78, 5) is 39.8. The van der Waals surface area contributed by atoms with Gasteiger partial charge in [-0.05, 0) is 0 Å². The van der Waals surface area contributed by atoms with Crippen LogP contribution in [0.1, 0.15) is 33.2 Å². The van der Waals surface area contributed by atoms with E-state index in [-0.39, 0.29) is 51.7 Å². The standard InChI is InChI=1S/C27H23F2N3O7Se/c1-36-27(35)39-14-38-25-19(33)8-9-31-24(25)26(34)30-10-11-37-12-21(30)32(31)23-15-6-7-18(28)22(29)17(15)13-40-20-5-3-2-4-16(20)23/h2-9,21,23H,10-14H2,1H3/t21-,23-/m1/s1. The topological polar surface area (TPSA) is 99.5 Å². The van der Waals surface area contributed by atoms with Crippen LogP contribution in [0.15, 0.2) is 53.5 Å². The first-order chi connectivity index (χ1) is 19.4. The molecule has 208 valence electrons. The second-order valence-corrected chi connectivity index (χ2v) is 11.3. The van der Waals surface area contributed by atoms with Crippen LogP contribution >= 0.6 is 0 Å². The Morgan fingerprint density at radius 1 is 1.12 bits per heavy atom. The number of halogens is 2. The van der Waals surface area contributed by atoms with Gasteiger partial charge in [-0.2, -0.15) is 0 Å². The summed E-state index contributed by atoms with van der Waals surface area (Å²) in [6.07, 6.45) is -0.206. The van der Waals surface area contributed by atoms with Gasteiger partial charge in [0.25, 0.3) is 0 Å². The van der Waals surface area contributed by atoms with Gasteiger partial charge in [0, 0.05) is 0 Å². The van der Waals surface area contributed by atoms with Crippen molar-refractivity contribution in [1.82, 2.24) is 9.58 Å². The molecular weight excluding hydrogens is 595 g/mol. The van der Waals surface area contributed by atoms with Gasteiger partial charge in [-0.1, -0.05) is 0 Å². The van der Waals surface area contributed by atoms with Crippen molar-refractivity contribution in [3.05, 3.63) is 92.9 Å². The molecule has 6 rings (SSSR count). The van der Waals surface area contributed by atoms with Crippen molar-refractivity contribution in [1.29, 1.82) is 0 Å². The minimum atomic E-state index is -1.02. The van der Waals surface area contributed by atoms with E-state index in [0.717, 1.165) is 23.2 Å². The van der Waals surface area contributed by atoms with Crippen LogP contribution in [0.5, 0.6) is 5.75 Å². The number of methoxy groups -OCH3 is 1. The molecule has 0 spiro atoms. The number of morpholine rings is 1. The van der Waals surface area contributed by atoms with E-state index in [0.29, 0.717) is 10.9 Å². The van der Waals surface area contributed by atoms with Crippen LogP contribution in [-0.4, -0.2) is 76.4 Å². The van der Waals surface area contributed by atoms with Gasteiger partial charge >= 0.3 is 226 Å². The number of hydrogen-bond donors (Lipinski definition) is 0. The molecular formula is C27H23F2N3O7Se. The van der Waals surface area contributed by atoms with Crippen LogP contribution in [-0.2, 0) is 19.5 Å². The molecule has 1 aromatic heterocycles. The molecule has 1 amide bonds. The fourth-order valence-corrected chi connectivity index (χ4v) is 7.64. The third-order valence-electron chi connectivity index (χ3n) is 7.08. The summed E-state index contributed by atoms with van der Waals surface area (Å²) in [6, 6.07) is 10.9. The Kier molecular flexibility index (Phi) is 6.95. The molecule has 2 aromatic carbocycles. The first-order valence-electron chi connectivity index (χ1n) is 12.4. The summed E-state index contributed by atoms with van der Waals surface area (Å²) in [5.41, 5.74) is 1.00. The molecule has 0 N–H and O–H groups in total. The average Bonchev–Trinajstić information content (AvgIpc) is 3.13. The zero-order chi connectivity index (χ0) is 28.0. The predicted octanol–water partition coefficient (Wildman–Crippen LogP) is 1.63. The van der Waals surface area contributed by atoms with Gasteiger partial charge in [0.1, 0.15) is 0 Å². The first kappa shape index (κ1) is 26.3. The third-order valence-corrected chi connectivity index (χ3v) is 9.42. The molecule has 13 heteroatoms. The van der Waals surface area contributed by atoms with Crippen molar-refractivity contribution in [2.45, 2.75) is 17.5 Å². The van der Waals surface area contributed by atoms with Crippen LogP contribution in [0.4, 0.5) is 13.6 Å². The number of rotatable bonds is 4. The van der Waals surface area contributed by atoms with Gasteiger partial charge in [0.05, 0.1) is 7.11 Å².